The molecular weight excluding hydrogens is 368 g/mol. The fourth-order valence-corrected chi connectivity index (χ4v) is 4.36. The van der Waals surface area contributed by atoms with Crippen molar-refractivity contribution >= 4 is 29.3 Å². The standard InChI is InChI=1S/C20H21ClN2O4/c1-2-26-18(24)15-9-8-14(27-15)12-6-7-13(21)17-16(12)20(23-19(25)22-17)10-4-3-5-11-20/h6-9H,2-5,10-11H2,1H3,(H2,22,23,25). The number of ether oxygens (including phenoxy) is 1. The molecule has 0 unspecified atom stereocenters. The molecule has 0 bridgehead atoms. The molecule has 2 aliphatic rings. The molecule has 1 aliphatic carbocycles. The van der Waals surface area contributed by atoms with E-state index in [0.29, 0.717) is 16.5 Å². The summed E-state index contributed by atoms with van der Waals surface area (Å²) < 4.78 is 10.8. The van der Waals surface area contributed by atoms with Gasteiger partial charge in [0.05, 0.1) is 22.9 Å². The molecule has 6 nitrogen and oxygen atoms in total. The summed E-state index contributed by atoms with van der Waals surface area (Å²) >= 11 is 6.42. The van der Waals surface area contributed by atoms with Crippen LogP contribution in [0.2, 0.25) is 5.02 Å². The number of furan rings is 1. The molecule has 1 spiro atoms. The Bertz CT molecular complexity index is 899. The van der Waals surface area contributed by atoms with Crippen LogP contribution in [0.25, 0.3) is 11.3 Å². The van der Waals surface area contributed by atoms with Crippen molar-refractivity contribution in [3.63, 3.8) is 0 Å². The Morgan fingerprint density at radius 2 is 2.00 bits per heavy atom. The van der Waals surface area contributed by atoms with Crippen LogP contribution in [-0.4, -0.2) is 18.6 Å². The van der Waals surface area contributed by atoms with Crippen LogP contribution < -0.4 is 10.6 Å². The summed E-state index contributed by atoms with van der Waals surface area (Å²) in [5.41, 5.74) is 1.89. The maximum absolute atomic E-state index is 12.3. The Balaban J connectivity index is 1.85. The normalized spacial score (nSPS) is 17.8. The van der Waals surface area contributed by atoms with Gasteiger partial charge in [0.25, 0.3) is 0 Å². The van der Waals surface area contributed by atoms with E-state index in [2.05, 4.69) is 10.6 Å². The zero-order valence-corrected chi connectivity index (χ0v) is 15.8. The van der Waals surface area contributed by atoms with Crippen molar-refractivity contribution in [3.8, 4) is 11.3 Å². The minimum absolute atomic E-state index is 0.154. The molecule has 1 saturated carbocycles. The zero-order chi connectivity index (χ0) is 19.0. The van der Waals surface area contributed by atoms with Crippen LogP contribution in [-0.2, 0) is 10.3 Å². The summed E-state index contributed by atoms with van der Waals surface area (Å²) in [6, 6.07) is 6.74. The highest BCUT2D eigenvalue weighted by Gasteiger charge is 2.43. The number of benzene rings is 1. The van der Waals surface area contributed by atoms with Gasteiger partial charge in [-0.15, -0.1) is 0 Å². The van der Waals surface area contributed by atoms with Gasteiger partial charge in [0, 0.05) is 11.1 Å². The van der Waals surface area contributed by atoms with Gasteiger partial charge in [0.15, 0.2) is 0 Å². The molecule has 1 fully saturated rings. The predicted octanol–water partition coefficient (Wildman–Crippen LogP) is 5.07. The second-order valence-electron chi connectivity index (χ2n) is 6.95. The Hall–Kier alpha value is -2.47. The Morgan fingerprint density at radius 1 is 1.22 bits per heavy atom. The third-order valence-electron chi connectivity index (χ3n) is 5.28. The zero-order valence-electron chi connectivity index (χ0n) is 15.1. The summed E-state index contributed by atoms with van der Waals surface area (Å²) in [5.74, 6) is 0.209. The van der Waals surface area contributed by atoms with E-state index in [1.807, 2.05) is 6.07 Å². The molecule has 142 valence electrons. The van der Waals surface area contributed by atoms with E-state index in [1.54, 1.807) is 25.1 Å². The van der Waals surface area contributed by atoms with Crippen molar-refractivity contribution < 1.29 is 18.7 Å². The third kappa shape index (κ3) is 3.08. The maximum atomic E-state index is 12.3. The maximum Gasteiger partial charge on any atom is 0.374 e. The van der Waals surface area contributed by atoms with Crippen LogP contribution in [0.3, 0.4) is 0 Å². The van der Waals surface area contributed by atoms with Crippen molar-refractivity contribution in [3.05, 3.63) is 40.6 Å². The number of esters is 1. The van der Waals surface area contributed by atoms with E-state index in [0.717, 1.165) is 43.2 Å². The summed E-state index contributed by atoms with van der Waals surface area (Å²) in [5, 5.41) is 6.47. The molecule has 1 aromatic carbocycles. The predicted molar refractivity (Wildman–Crippen MR) is 102 cm³/mol. The first-order valence-corrected chi connectivity index (χ1v) is 9.61. The lowest BCUT2D eigenvalue weighted by molar-refractivity contribution is 0.0491. The van der Waals surface area contributed by atoms with E-state index < -0.39 is 11.5 Å². The average molecular weight is 389 g/mol. The van der Waals surface area contributed by atoms with Gasteiger partial charge < -0.3 is 19.8 Å². The van der Waals surface area contributed by atoms with Crippen LogP contribution in [0.1, 0.15) is 55.1 Å². The van der Waals surface area contributed by atoms with Gasteiger partial charge in [-0.2, -0.15) is 0 Å². The summed E-state index contributed by atoms with van der Waals surface area (Å²) in [4.78, 5) is 24.3. The van der Waals surface area contributed by atoms with Crippen LogP contribution in [0.4, 0.5) is 10.5 Å². The molecule has 0 radical (unpaired) electrons. The van der Waals surface area contributed by atoms with Gasteiger partial charge in [-0.05, 0) is 44.0 Å². The highest BCUT2D eigenvalue weighted by molar-refractivity contribution is 6.34. The van der Waals surface area contributed by atoms with Gasteiger partial charge in [-0.25, -0.2) is 9.59 Å². The van der Waals surface area contributed by atoms with Crippen LogP contribution >= 0.6 is 11.6 Å². The summed E-state index contributed by atoms with van der Waals surface area (Å²) in [6.07, 6.45) is 4.87. The van der Waals surface area contributed by atoms with Gasteiger partial charge in [0.1, 0.15) is 5.76 Å². The molecule has 2 amide bonds. The number of nitrogens with one attached hydrogen (secondary N) is 2. The van der Waals surface area contributed by atoms with Gasteiger partial charge in [-0.1, -0.05) is 30.9 Å². The lowest BCUT2D eigenvalue weighted by atomic mass is 9.73. The van der Waals surface area contributed by atoms with Crippen molar-refractivity contribution in [2.45, 2.75) is 44.6 Å². The second kappa shape index (κ2) is 6.93. The number of urea groups is 1. The monoisotopic (exact) mass is 388 g/mol. The lowest BCUT2D eigenvalue weighted by Gasteiger charge is -2.43. The number of fused-ring (bicyclic) bond motifs is 2. The number of hydrogen-bond acceptors (Lipinski definition) is 4. The molecule has 27 heavy (non-hydrogen) atoms. The summed E-state index contributed by atoms with van der Waals surface area (Å²) in [6.45, 7) is 2.03. The number of rotatable bonds is 3. The minimum Gasteiger partial charge on any atom is -0.460 e. The van der Waals surface area contributed by atoms with Crippen LogP contribution in [0, 0.1) is 0 Å². The Kier molecular flexibility index (Phi) is 4.60. The fourth-order valence-electron chi connectivity index (χ4n) is 4.15. The SMILES string of the molecule is CCOC(=O)c1ccc(-c2ccc(Cl)c3c2C2(CCCCC2)NC(=O)N3)o1. The van der Waals surface area contributed by atoms with Gasteiger partial charge in [0.2, 0.25) is 5.76 Å². The van der Waals surface area contributed by atoms with Gasteiger partial charge in [-0.3, -0.25) is 0 Å². The van der Waals surface area contributed by atoms with E-state index in [9.17, 15) is 9.59 Å². The van der Waals surface area contributed by atoms with Crippen molar-refractivity contribution in [2.24, 2.45) is 0 Å². The molecule has 2 aromatic rings. The summed E-state index contributed by atoms with van der Waals surface area (Å²) in [7, 11) is 0. The van der Waals surface area contributed by atoms with Crippen molar-refractivity contribution in [1.29, 1.82) is 0 Å². The Labute approximate surface area is 162 Å². The number of amides is 2. The number of halogens is 1. The first-order valence-electron chi connectivity index (χ1n) is 9.23. The number of carbonyl (C=O) groups excluding carboxylic acids is 2. The number of carbonyl (C=O) groups is 2. The van der Waals surface area contributed by atoms with E-state index in [4.69, 9.17) is 20.8 Å². The van der Waals surface area contributed by atoms with Crippen molar-refractivity contribution in [1.82, 2.24) is 5.32 Å². The smallest absolute Gasteiger partial charge is 0.374 e. The first kappa shape index (κ1) is 17.9. The van der Waals surface area contributed by atoms with Gasteiger partial charge >= 0.3 is 12.0 Å². The van der Waals surface area contributed by atoms with E-state index in [-0.39, 0.29) is 18.4 Å². The lowest BCUT2D eigenvalue weighted by Crippen LogP contribution is -2.53. The number of hydrogen-bond donors (Lipinski definition) is 2. The molecule has 2 heterocycles. The topological polar surface area (TPSA) is 80.6 Å². The Morgan fingerprint density at radius 3 is 2.74 bits per heavy atom. The average Bonchev–Trinajstić information content (AvgIpc) is 3.13. The van der Waals surface area contributed by atoms with Crippen LogP contribution in [0.5, 0.6) is 0 Å². The molecule has 1 aromatic heterocycles. The minimum atomic E-state index is -0.495. The molecule has 2 N–H and O–H groups in total. The largest absolute Gasteiger partial charge is 0.460 e. The van der Waals surface area contributed by atoms with E-state index in [1.165, 1.54) is 0 Å². The molecule has 4 rings (SSSR count). The quantitative estimate of drug-likeness (QED) is 0.719. The molecule has 0 saturated heterocycles. The molecule has 1 aliphatic heterocycles. The third-order valence-corrected chi connectivity index (χ3v) is 5.59. The second-order valence-corrected chi connectivity index (χ2v) is 7.36. The molecular formula is C20H21ClN2O4. The first-order chi connectivity index (χ1) is 13.0. The van der Waals surface area contributed by atoms with Crippen molar-refractivity contribution in [2.75, 3.05) is 11.9 Å². The van der Waals surface area contributed by atoms with E-state index >= 15 is 0 Å². The molecule has 7 heteroatoms. The fraction of sp³-hybridized carbons (Fsp3) is 0.400. The van der Waals surface area contributed by atoms with Crippen LogP contribution in [0.15, 0.2) is 28.7 Å². The number of anilines is 1. The highest BCUT2D eigenvalue weighted by atomic mass is 35.5. The highest BCUT2D eigenvalue weighted by Crippen LogP contribution is 2.49. The molecule has 0 atom stereocenters.